The molecule has 1 aromatic rings. The SMILES string of the molecule is CCCC1CN=C(Nc2cccc(Br)c2C)S1. The Morgan fingerprint density at radius 3 is 3.12 bits per heavy atom. The highest BCUT2D eigenvalue weighted by Gasteiger charge is 2.19. The Hall–Kier alpha value is -0.480. The van der Waals surface area contributed by atoms with Crippen LogP contribution in [0.2, 0.25) is 0 Å². The second-order valence-electron chi connectivity index (χ2n) is 4.21. The second-order valence-corrected chi connectivity index (χ2v) is 6.36. The van der Waals surface area contributed by atoms with Gasteiger partial charge in [-0.15, -0.1) is 0 Å². The van der Waals surface area contributed by atoms with Gasteiger partial charge in [0, 0.05) is 15.4 Å². The van der Waals surface area contributed by atoms with E-state index in [1.54, 1.807) is 0 Å². The van der Waals surface area contributed by atoms with Crippen molar-refractivity contribution in [3.63, 3.8) is 0 Å². The van der Waals surface area contributed by atoms with Crippen LogP contribution in [0, 0.1) is 6.92 Å². The zero-order chi connectivity index (χ0) is 12.3. The van der Waals surface area contributed by atoms with Gasteiger partial charge < -0.3 is 5.32 Å². The Morgan fingerprint density at radius 2 is 2.35 bits per heavy atom. The smallest absolute Gasteiger partial charge is 0.161 e. The van der Waals surface area contributed by atoms with E-state index >= 15 is 0 Å². The van der Waals surface area contributed by atoms with Crippen molar-refractivity contribution >= 4 is 38.5 Å². The van der Waals surface area contributed by atoms with E-state index in [1.807, 2.05) is 17.8 Å². The topological polar surface area (TPSA) is 24.4 Å². The first kappa shape index (κ1) is 13.0. The van der Waals surface area contributed by atoms with Crippen LogP contribution in [0.25, 0.3) is 0 Å². The van der Waals surface area contributed by atoms with Gasteiger partial charge in [-0.2, -0.15) is 0 Å². The van der Waals surface area contributed by atoms with Gasteiger partial charge in [-0.3, -0.25) is 4.99 Å². The lowest BCUT2D eigenvalue weighted by atomic mass is 10.2. The minimum absolute atomic E-state index is 0.662. The van der Waals surface area contributed by atoms with E-state index in [2.05, 4.69) is 52.2 Å². The van der Waals surface area contributed by atoms with E-state index in [0.29, 0.717) is 5.25 Å². The maximum atomic E-state index is 4.56. The molecule has 0 aliphatic carbocycles. The van der Waals surface area contributed by atoms with E-state index in [9.17, 15) is 0 Å². The fourth-order valence-corrected chi connectivity index (χ4v) is 3.32. The van der Waals surface area contributed by atoms with Crippen molar-refractivity contribution in [3.05, 3.63) is 28.2 Å². The van der Waals surface area contributed by atoms with Gasteiger partial charge in [0.2, 0.25) is 0 Å². The van der Waals surface area contributed by atoms with Crippen LogP contribution in [0.5, 0.6) is 0 Å². The number of hydrogen-bond acceptors (Lipinski definition) is 3. The molecule has 1 heterocycles. The van der Waals surface area contributed by atoms with Crippen molar-refractivity contribution in [2.45, 2.75) is 31.9 Å². The van der Waals surface area contributed by atoms with E-state index in [4.69, 9.17) is 0 Å². The van der Waals surface area contributed by atoms with Crippen LogP contribution in [0.4, 0.5) is 5.69 Å². The van der Waals surface area contributed by atoms with Gasteiger partial charge in [0.1, 0.15) is 0 Å². The highest BCUT2D eigenvalue weighted by atomic mass is 79.9. The van der Waals surface area contributed by atoms with Crippen LogP contribution >= 0.6 is 27.7 Å². The zero-order valence-electron chi connectivity index (χ0n) is 10.2. The molecule has 2 nitrogen and oxygen atoms in total. The summed E-state index contributed by atoms with van der Waals surface area (Å²) < 4.78 is 1.14. The van der Waals surface area contributed by atoms with Gasteiger partial charge in [-0.1, -0.05) is 47.1 Å². The first-order chi connectivity index (χ1) is 8.20. The van der Waals surface area contributed by atoms with E-state index < -0.39 is 0 Å². The Bertz CT molecular complexity index is 431. The molecule has 2 rings (SSSR count). The summed E-state index contributed by atoms with van der Waals surface area (Å²) in [6, 6.07) is 6.20. The lowest BCUT2D eigenvalue weighted by Gasteiger charge is -2.11. The van der Waals surface area contributed by atoms with E-state index in [1.165, 1.54) is 18.4 Å². The number of halogens is 1. The molecular weight excluding hydrogens is 296 g/mol. The first-order valence-corrected chi connectivity index (χ1v) is 7.61. The molecule has 1 atom stereocenters. The third kappa shape index (κ3) is 3.26. The molecule has 0 amide bonds. The summed E-state index contributed by atoms with van der Waals surface area (Å²) in [5.41, 5.74) is 2.37. The number of rotatable bonds is 3. The average Bonchev–Trinajstić information content (AvgIpc) is 2.73. The van der Waals surface area contributed by atoms with Gasteiger partial charge in [0.25, 0.3) is 0 Å². The summed E-state index contributed by atoms with van der Waals surface area (Å²) in [7, 11) is 0. The van der Waals surface area contributed by atoms with Crippen molar-refractivity contribution in [1.82, 2.24) is 0 Å². The van der Waals surface area contributed by atoms with Gasteiger partial charge >= 0.3 is 0 Å². The average molecular weight is 313 g/mol. The first-order valence-electron chi connectivity index (χ1n) is 5.94. The van der Waals surface area contributed by atoms with E-state index in [-0.39, 0.29) is 0 Å². The molecule has 1 aliphatic heterocycles. The van der Waals surface area contributed by atoms with Crippen LogP contribution in [-0.4, -0.2) is 17.0 Å². The van der Waals surface area contributed by atoms with Crippen LogP contribution < -0.4 is 5.32 Å². The molecule has 0 fully saturated rings. The summed E-state index contributed by atoms with van der Waals surface area (Å²) in [5.74, 6) is 0. The number of benzene rings is 1. The van der Waals surface area contributed by atoms with Gasteiger partial charge in [-0.05, 0) is 31.0 Å². The van der Waals surface area contributed by atoms with Crippen molar-refractivity contribution < 1.29 is 0 Å². The standard InChI is InChI=1S/C13H17BrN2S/c1-3-5-10-8-15-13(17-10)16-12-7-4-6-11(14)9(12)2/h4,6-7,10H,3,5,8H2,1-2H3,(H,15,16). The van der Waals surface area contributed by atoms with Gasteiger partial charge in [-0.25, -0.2) is 0 Å². The molecule has 0 aromatic heterocycles. The van der Waals surface area contributed by atoms with Crippen molar-refractivity contribution in [2.75, 3.05) is 11.9 Å². The maximum absolute atomic E-state index is 4.56. The number of thioether (sulfide) groups is 1. The minimum atomic E-state index is 0.662. The lowest BCUT2D eigenvalue weighted by Crippen LogP contribution is -2.08. The molecule has 1 aromatic carbocycles. The normalized spacial score (nSPS) is 19.2. The Morgan fingerprint density at radius 1 is 1.53 bits per heavy atom. The zero-order valence-corrected chi connectivity index (χ0v) is 12.6. The molecule has 92 valence electrons. The number of nitrogens with one attached hydrogen (secondary N) is 1. The highest BCUT2D eigenvalue weighted by molar-refractivity contribution is 9.10. The van der Waals surface area contributed by atoms with E-state index in [0.717, 1.165) is 21.9 Å². The Labute approximate surface area is 115 Å². The van der Waals surface area contributed by atoms with Crippen molar-refractivity contribution in [1.29, 1.82) is 0 Å². The highest BCUT2D eigenvalue weighted by Crippen LogP contribution is 2.28. The molecule has 1 aliphatic rings. The molecule has 0 saturated heterocycles. The molecule has 0 radical (unpaired) electrons. The number of aliphatic imine (C=N–C) groups is 1. The fraction of sp³-hybridized carbons (Fsp3) is 0.462. The van der Waals surface area contributed by atoms with Gasteiger partial charge in [0.05, 0.1) is 6.54 Å². The number of nitrogens with zero attached hydrogens (tertiary/aromatic N) is 1. The quantitative estimate of drug-likeness (QED) is 0.892. The number of amidine groups is 1. The summed E-state index contributed by atoms with van der Waals surface area (Å²) in [6.45, 7) is 5.29. The largest absolute Gasteiger partial charge is 0.335 e. The summed E-state index contributed by atoms with van der Waals surface area (Å²) in [5, 5.41) is 5.14. The van der Waals surface area contributed by atoms with Crippen LogP contribution in [0.15, 0.2) is 27.7 Å². The summed E-state index contributed by atoms with van der Waals surface area (Å²) in [6.07, 6.45) is 2.48. The molecular formula is C13H17BrN2S. The Balaban J connectivity index is 2.01. The summed E-state index contributed by atoms with van der Waals surface area (Å²) >= 11 is 5.41. The van der Waals surface area contributed by atoms with Crippen molar-refractivity contribution in [2.24, 2.45) is 4.99 Å². The number of anilines is 1. The molecule has 17 heavy (non-hydrogen) atoms. The third-order valence-electron chi connectivity index (χ3n) is 2.84. The molecule has 1 unspecified atom stereocenters. The maximum Gasteiger partial charge on any atom is 0.161 e. The minimum Gasteiger partial charge on any atom is -0.335 e. The van der Waals surface area contributed by atoms with Gasteiger partial charge in [0.15, 0.2) is 5.17 Å². The fourth-order valence-electron chi connectivity index (χ4n) is 1.82. The number of hydrogen-bond donors (Lipinski definition) is 1. The predicted molar refractivity (Wildman–Crippen MR) is 81.1 cm³/mol. The summed E-state index contributed by atoms with van der Waals surface area (Å²) in [4.78, 5) is 4.56. The Kier molecular flexibility index (Phi) is 4.51. The third-order valence-corrected chi connectivity index (χ3v) is 4.87. The molecule has 4 heteroatoms. The van der Waals surface area contributed by atoms with Crippen LogP contribution in [0.1, 0.15) is 25.3 Å². The van der Waals surface area contributed by atoms with Crippen LogP contribution in [-0.2, 0) is 0 Å². The molecule has 0 bridgehead atoms. The van der Waals surface area contributed by atoms with Crippen molar-refractivity contribution in [3.8, 4) is 0 Å². The molecule has 1 N–H and O–H groups in total. The molecule has 0 spiro atoms. The monoisotopic (exact) mass is 312 g/mol. The second kappa shape index (κ2) is 5.91. The van der Waals surface area contributed by atoms with Crippen LogP contribution in [0.3, 0.4) is 0 Å². The predicted octanol–water partition coefficient (Wildman–Crippen LogP) is 4.44. The molecule has 0 saturated carbocycles. The lowest BCUT2D eigenvalue weighted by molar-refractivity contribution is 0.754.